The number of nitrogens with one attached hydrogen (secondary N) is 1. The van der Waals surface area contributed by atoms with Crippen LogP contribution in [0.4, 0.5) is 0 Å². The second kappa shape index (κ2) is 5.98. The molecule has 8 heteroatoms. The minimum atomic E-state index is -3.23. The van der Waals surface area contributed by atoms with E-state index < -0.39 is 15.7 Å². The molecule has 2 rings (SSSR count). The van der Waals surface area contributed by atoms with Crippen molar-refractivity contribution in [2.45, 2.75) is 11.5 Å². The molecule has 0 bridgehead atoms. The Morgan fingerprint density at radius 1 is 1.24 bits per heavy atom. The molecule has 0 aliphatic heterocycles. The van der Waals surface area contributed by atoms with Gasteiger partial charge in [0.15, 0.2) is 15.6 Å². The summed E-state index contributed by atoms with van der Waals surface area (Å²) in [6.45, 7) is 0.107. The first-order valence-corrected chi connectivity index (χ1v) is 7.82. The number of amides is 1. The van der Waals surface area contributed by atoms with Crippen molar-refractivity contribution < 1.29 is 22.4 Å². The fourth-order valence-corrected chi connectivity index (χ4v) is 2.22. The second-order valence-electron chi connectivity index (χ2n) is 4.27. The molecule has 2 aromatic rings. The molecule has 0 aliphatic rings. The number of ether oxygens (including phenoxy) is 1. The van der Waals surface area contributed by atoms with Crippen LogP contribution in [0.2, 0.25) is 0 Å². The number of nitrogens with two attached hydrogens (primary N) is 1. The fourth-order valence-electron chi connectivity index (χ4n) is 1.59. The van der Waals surface area contributed by atoms with E-state index in [1.807, 2.05) is 5.43 Å². The molecule has 112 valence electrons. The number of hydrogen-bond acceptors (Lipinski definition) is 6. The van der Waals surface area contributed by atoms with Gasteiger partial charge in [0, 0.05) is 6.26 Å². The Labute approximate surface area is 121 Å². The lowest BCUT2D eigenvalue weighted by atomic mass is 10.3. The third-order valence-corrected chi connectivity index (χ3v) is 3.78. The summed E-state index contributed by atoms with van der Waals surface area (Å²) in [6, 6.07) is 9.09. The molecule has 0 saturated carbocycles. The van der Waals surface area contributed by atoms with Gasteiger partial charge in [-0.1, -0.05) is 0 Å². The summed E-state index contributed by atoms with van der Waals surface area (Å²) in [7, 11) is -3.23. The number of nitrogen functional groups attached to an aromatic ring is 1. The van der Waals surface area contributed by atoms with Crippen LogP contribution in [0.1, 0.15) is 16.3 Å². The monoisotopic (exact) mass is 310 g/mol. The number of hydrazine groups is 1. The van der Waals surface area contributed by atoms with E-state index in [9.17, 15) is 13.2 Å². The molecule has 0 aliphatic carbocycles. The summed E-state index contributed by atoms with van der Waals surface area (Å²) < 4.78 is 33.3. The summed E-state index contributed by atoms with van der Waals surface area (Å²) >= 11 is 0. The van der Waals surface area contributed by atoms with Crippen molar-refractivity contribution in [2.24, 2.45) is 5.84 Å². The Morgan fingerprint density at radius 3 is 2.48 bits per heavy atom. The normalized spacial score (nSPS) is 11.1. The summed E-state index contributed by atoms with van der Waals surface area (Å²) in [4.78, 5) is 11.4. The Hall–Kier alpha value is -2.32. The van der Waals surface area contributed by atoms with Crippen LogP contribution in [0, 0.1) is 0 Å². The van der Waals surface area contributed by atoms with Crippen molar-refractivity contribution in [3.63, 3.8) is 0 Å². The van der Waals surface area contributed by atoms with Gasteiger partial charge in [0.2, 0.25) is 0 Å². The first-order valence-electron chi connectivity index (χ1n) is 5.93. The van der Waals surface area contributed by atoms with Crippen LogP contribution < -0.4 is 16.0 Å². The van der Waals surface area contributed by atoms with E-state index in [-0.39, 0.29) is 17.3 Å². The molecule has 0 atom stereocenters. The average Bonchev–Trinajstić information content (AvgIpc) is 2.92. The van der Waals surface area contributed by atoms with E-state index in [4.69, 9.17) is 15.0 Å². The van der Waals surface area contributed by atoms with E-state index >= 15 is 0 Å². The van der Waals surface area contributed by atoms with E-state index in [1.165, 1.54) is 18.2 Å². The third-order valence-electron chi connectivity index (χ3n) is 2.65. The van der Waals surface area contributed by atoms with Gasteiger partial charge in [0.25, 0.3) is 0 Å². The molecule has 7 nitrogen and oxygen atoms in total. The SMILES string of the molecule is CS(=O)(=O)c1ccc(OCc2ccc(C(=O)NN)o2)cc1. The number of benzene rings is 1. The lowest BCUT2D eigenvalue weighted by Crippen LogP contribution is -2.29. The van der Waals surface area contributed by atoms with Gasteiger partial charge in [-0.2, -0.15) is 0 Å². The largest absolute Gasteiger partial charge is 0.486 e. The molecular weight excluding hydrogens is 296 g/mol. The summed E-state index contributed by atoms with van der Waals surface area (Å²) in [5, 5.41) is 0. The van der Waals surface area contributed by atoms with Crippen LogP contribution in [0.5, 0.6) is 5.75 Å². The molecule has 1 heterocycles. The van der Waals surface area contributed by atoms with E-state index in [2.05, 4.69) is 0 Å². The van der Waals surface area contributed by atoms with Crippen LogP contribution in [-0.4, -0.2) is 20.6 Å². The molecule has 0 fully saturated rings. The highest BCUT2D eigenvalue weighted by Crippen LogP contribution is 2.17. The first-order chi connectivity index (χ1) is 9.90. The van der Waals surface area contributed by atoms with Gasteiger partial charge in [-0.25, -0.2) is 14.3 Å². The summed E-state index contributed by atoms with van der Waals surface area (Å²) in [5.74, 6) is 5.48. The number of rotatable bonds is 5. The number of furan rings is 1. The highest BCUT2D eigenvalue weighted by atomic mass is 32.2. The number of hydrogen-bond donors (Lipinski definition) is 2. The summed E-state index contributed by atoms with van der Waals surface area (Å²) in [6.07, 6.45) is 1.13. The molecule has 3 N–H and O–H groups in total. The molecule has 1 amide bonds. The smallest absolute Gasteiger partial charge is 0.300 e. The Morgan fingerprint density at radius 2 is 1.90 bits per heavy atom. The van der Waals surface area contributed by atoms with Crippen LogP contribution in [0.3, 0.4) is 0 Å². The van der Waals surface area contributed by atoms with E-state index in [1.54, 1.807) is 18.2 Å². The lowest BCUT2D eigenvalue weighted by Gasteiger charge is -2.05. The zero-order chi connectivity index (χ0) is 15.5. The third kappa shape index (κ3) is 3.83. The highest BCUT2D eigenvalue weighted by molar-refractivity contribution is 7.90. The van der Waals surface area contributed by atoms with Gasteiger partial charge in [0.05, 0.1) is 4.90 Å². The standard InChI is InChI=1S/C13H14N2O5S/c1-21(17,18)11-5-2-9(3-6-11)19-8-10-4-7-12(20-10)13(16)15-14/h2-7H,8,14H2,1H3,(H,15,16). The van der Waals surface area contributed by atoms with Crippen LogP contribution in [-0.2, 0) is 16.4 Å². The molecule has 0 radical (unpaired) electrons. The maximum atomic E-state index is 11.3. The van der Waals surface area contributed by atoms with Crippen molar-refractivity contribution in [1.29, 1.82) is 0 Å². The number of carbonyl (C=O) groups excluding carboxylic acids is 1. The fraction of sp³-hybridized carbons (Fsp3) is 0.154. The molecule has 0 unspecified atom stereocenters. The lowest BCUT2D eigenvalue weighted by molar-refractivity contribution is 0.0922. The van der Waals surface area contributed by atoms with Gasteiger partial charge in [-0.15, -0.1) is 0 Å². The predicted molar refractivity (Wildman–Crippen MR) is 74.2 cm³/mol. The van der Waals surface area contributed by atoms with Gasteiger partial charge in [-0.3, -0.25) is 10.2 Å². The van der Waals surface area contributed by atoms with Crippen LogP contribution >= 0.6 is 0 Å². The zero-order valence-corrected chi connectivity index (χ0v) is 12.0. The second-order valence-corrected chi connectivity index (χ2v) is 6.29. The minimum Gasteiger partial charge on any atom is -0.486 e. The van der Waals surface area contributed by atoms with E-state index in [0.717, 1.165) is 6.26 Å². The topological polar surface area (TPSA) is 112 Å². The zero-order valence-electron chi connectivity index (χ0n) is 11.2. The Bertz CT molecular complexity index is 734. The van der Waals surface area contributed by atoms with Crippen LogP contribution in [0.25, 0.3) is 0 Å². The number of carbonyl (C=O) groups is 1. The quantitative estimate of drug-likeness (QED) is 0.481. The van der Waals surface area contributed by atoms with Crippen molar-refractivity contribution >= 4 is 15.7 Å². The van der Waals surface area contributed by atoms with Crippen molar-refractivity contribution in [2.75, 3.05) is 6.26 Å². The van der Waals surface area contributed by atoms with Crippen molar-refractivity contribution in [3.8, 4) is 5.75 Å². The van der Waals surface area contributed by atoms with E-state index in [0.29, 0.717) is 11.5 Å². The average molecular weight is 310 g/mol. The minimum absolute atomic E-state index is 0.0866. The summed E-state index contributed by atoms with van der Waals surface area (Å²) in [5.41, 5.74) is 1.96. The first kappa shape index (κ1) is 15.1. The Kier molecular flexibility index (Phi) is 4.29. The molecule has 0 saturated heterocycles. The van der Waals surface area contributed by atoms with Gasteiger partial charge in [0.1, 0.15) is 18.1 Å². The van der Waals surface area contributed by atoms with Crippen molar-refractivity contribution in [1.82, 2.24) is 5.43 Å². The highest BCUT2D eigenvalue weighted by Gasteiger charge is 2.10. The van der Waals surface area contributed by atoms with Gasteiger partial charge >= 0.3 is 5.91 Å². The number of sulfone groups is 1. The van der Waals surface area contributed by atoms with Gasteiger partial charge in [-0.05, 0) is 36.4 Å². The molecule has 0 spiro atoms. The van der Waals surface area contributed by atoms with Crippen molar-refractivity contribution in [3.05, 3.63) is 47.9 Å². The molecule has 1 aromatic carbocycles. The molecule has 21 heavy (non-hydrogen) atoms. The Balaban J connectivity index is 2.00. The molecule has 1 aromatic heterocycles. The van der Waals surface area contributed by atoms with Gasteiger partial charge < -0.3 is 9.15 Å². The maximum Gasteiger partial charge on any atom is 0.300 e. The molecular formula is C13H14N2O5S. The van der Waals surface area contributed by atoms with Crippen LogP contribution in [0.15, 0.2) is 45.7 Å². The maximum absolute atomic E-state index is 11.3. The predicted octanol–water partition coefficient (Wildman–Crippen LogP) is 0.866.